The number of hydrogen-bond donors (Lipinski definition) is 0. The first kappa shape index (κ1) is 18.8. The van der Waals surface area contributed by atoms with E-state index in [9.17, 15) is 4.79 Å². The van der Waals surface area contributed by atoms with E-state index in [0.717, 1.165) is 53.2 Å². The number of fused-ring (bicyclic) bond motifs is 1. The maximum atomic E-state index is 11.2. The molecular formula is C22H25N3O2. The van der Waals surface area contributed by atoms with Gasteiger partial charge in [-0.1, -0.05) is 31.2 Å². The lowest BCUT2D eigenvalue weighted by Crippen LogP contribution is -2.06. The van der Waals surface area contributed by atoms with Crippen LogP contribution in [0.3, 0.4) is 0 Å². The van der Waals surface area contributed by atoms with Gasteiger partial charge in [0.2, 0.25) is 0 Å². The lowest BCUT2D eigenvalue weighted by Gasteiger charge is -2.09. The van der Waals surface area contributed by atoms with Crippen LogP contribution in [0.25, 0.3) is 17.2 Å². The molecule has 0 atom stereocenters. The lowest BCUT2D eigenvalue weighted by molar-refractivity contribution is -0.134. The van der Waals surface area contributed by atoms with Gasteiger partial charge in [0.15, 0.2) is 5.65 Å². The molecule has 0 aliphatic carbocycles. The van der Waals surface area contributed by atoms with Crippen molar-refractivity contribution >= 4 is 23.2 Å². The minimum absolute atomic E-state index is 0.356. The smallest absolute Gasteiger partial charge is 0.330 e. The Labute approximate surface area is 159 Å². The molecule has 27 heavy (non-hydrogen) atoms. The summed E-state index contributed by atoms with van der Waals surface area (Å²) in [5.74, 6) is 0.716. The zero-order valence-electron chi connectivity index (χ0n) is 16.3. The molecule has 0 N–H and O–H groups in total. The number of aryl methyl sites for hydroxylation is 3. The first-order chi connectivity index (χ1) is 13.0. The summed E-state index contributed by atoms with van der Waals surface area (Å²) in [5, 5.41) is 0. The van der Waals surface area contributed by atoms with Gasteiger partial charge in [-0.25, -0.2) is 14.8 Å². The minimum Gasteiger partial charge on any atom is -0.466 e. The van der Waals surface area contributed by atoms with Crippen LogP contribution in [0.2, 0.25) is 0 Å². The van der Waals surface area contributed by atoms with Crippen LogP contribution in [-0.4, -0.2) is 27.6 Å². The molecular weight excluding hydrogens is 338 g/mol. The predicted molar refractivity (Wildman–Crippen MR) is 108 cm³/mol. The molecule has 0 radical (unpaired) electrons. The number of aromatic nitrogens is 3. The Balaban J connectivity index is 1.92. The van der Waals surface area contributed by atoms with E-state index in [-0.39, 0.29) is 5.97 Å². The highest BCUT2D eigenvalue weighted by atomic mass is 16.5. The molecule has 3 rings (SSSR count). The van der Waals surface area contributed by atoms with Gasteiger partial charge in [0.1, 0.15) is 11.3 Å². The number of methoxy groups -OCH3 is 1. The highest BCUT2D eigenvalue weighted by molar-refractivity contribution is 5.86. The highest BCUT2D eigenvalue weighted by Crippen LogP contribution is 2.21. The number of carbonyl (C=O) groups excluding carboxylic acids is 1. The van der Waals surface area contributed by atoms with E-state index in [4.69, 9.17) is 9.97 Å². The van der Waals surface area contributed by atoms with E-state index in [1.165, 1.54) is 18.7 Å². The Kier molecular flexibility index (Phi) is 5.69. The van der Waals surface area contributed by atoms with Crippen LogP contribution in [0.15, 0.2) is 36.4 Å². The summed E-state index contributed by atoms with van der Waals surface area (Å²) in [6, 6.07) is 10.2. The molecule has 0 spiro atoms. The molecule has 5 heteroatoms. The fourth-order valence-electron chi connectivity index (χ4n) is 3.18. The molecule has 3 aromatic rings. The Morgan fingerprint density at radius 3 is 2.59 bits per heavy atom. The normalized spacial score (nSPS) is 11.4. The van der Waals surface area contributed by atoms with Crippen LogP contribution in [0.4, 0.5) is 0 Å². The van der Waals surface area contributed by atoms with Gasteiger partial charge in [-0.2, -0.15) is 0 Å². The number of hydrogen-bond acceptors (Lipinski definition) is 4. The summed E-state index contributed by atoms with van der Waals surface area (Å²) in [7, 11) is 1.37. The molecule has 0 saturated carbocycles. The second kappa shape index (κ2) is 8.16. The van der Waals surface area contributed by atoms with Gasteiger partial charge in [0.25, 0.3) is 0 Å². The van der Waals surface area contributed by atoms with Gasteiger partial charge >= 0.3 is 5.97 Å². The SMILES string of the molecule is CCCc1nc2c(C)cc(C)nc2n1Cc1ccc(/C=C/C(=O)OC)cc1. The topological polar surface area (TPSA) is 57.0 Å². The number of esters is 1. The second-order valence-electron chi connectivity index (χ2n) is 6.71. The molecule has 0 unspecified atom stereocenters. The quantitative estimate of drug-likeness (QED) is 0.486. The van der Waals surface area contributed by atoms with Crippen molar-refractivity contribution < 1.29 is 9.53 Å². The summed E-state index contributed by atoms with van der Waals surface area (Å²) in [6.07, 6.45) is 5.14. The Morgan fingerprint density at radius 1 is 1.19 bits per heavy atom. The third kappa shape index (κ3) is 4.25. The molecule has 0 fully saturated rings. The van der Waals surface area contributed by atoms with Crippen LogP contribution < -0.4 is 0 Å². The van der Waals surface area contributed by atoms with Crippen molar-refractivity contribution in [1.29, 1.82) is 0 Å². The first-order valence-electron chi connectivity index (χ1n) is 9.20. The number of pyridine rings is 1. The number of benzene rings is 1. The first-order valence-corrected chi connectivity index (χ1v) is 9.20. The van der Waals surface area contributed by atoms with Crippen molar-refractivity contribution in [3.63, 3.8) is 0 Å². The maximum Gasteiger partial charge on any atom is 0.330 e. The number of imidazole rings is 1. The second-order valence-corrected chi connectivity index (χ2v) is 6.71. The Hall–Kier alpha value is -2.95. The number of ether oxygens (including phenoxy) is 1. The molecule has 5 nitrogen and oxygen atoms in total. The van der Waals surface area contributed by atoms with E-state index < -0.39 is 0 Å². The Morgan fingerprint density at radius 2 is 1.93 bits per heavy atom. The lowest BCUT2D eigenvalue weighted by atomic mass is 10.1. The monoisotopic (exact) mass is 363 g/mol. The van der Waals surface area contributed by atoms with Crippen molar-refractivity contribution in [2.75, 3.05) is 7.11 Å². The zero-order chi connectivity index (χ0) is 19.4. The molecule has 0 bridgehead atoms. The van der Waals surface area contributed by atoms with Crippen molar-refractivity contribution in [1.82, 2.24) is 14.5 Å². The van der Waals surface area contributed by atoms with Crippen molar-refractivity contribution in [2.24, 2.45) is 0 Å². The summed E-state index contributed by atoms with van der Waals surface area (Å²) in [4.78, 5) is 20.8. The molecule has 2 aromatic heterocycles. The number of carbonyl (C=O) groups is 1. The molecule has 2 heterocycles. The third-order valence-electron chi connectivity index (χ3n) is 4.51. The minimum atomic E-state index is -0.356. The van der Waals surface area contributed by atoms with Gasteiger partial charge in [-0.05, 0) is 49.1 Å². The average Bonchev–Trinajstić information content (AvgIpc) is 2.99. The van der Waals surface area contributed by atoms with E-state index in [2.05, 4.69) is 41.4 Å². The van der Waals surface area contributed by atoms with Gasteiger partial charge in [-0.15, -0.1) is 0 Å². The summed E-state index contributed by atoms with van der Waals surface area (Å²) < 4.78 is 6.84. The molecule has 1 aromatic carbocycles. The van der Waals surface area contributed by atoms with Crippen LogP contribution in [0, 0.1) is 13.8 Å². The summed E-state index contributed by atoms with van der Waals surface area (Å²) in [6.45, 7) is 7.00. The fraction of sp³-hybridized carbons (Fsp3) is 0.318. The molecule has 140 valence electrons. The molecule has 0 aliphatic rings. The van der Waals surface area contributed by atoms with Gasteiger partial charge < -0.3 is 9.30 Å². The number of rotatable bonds is 6. The number of nitrogens with zero attached hydrogens (tertiary/aromatic N) is 3. The largest absolute Gasteiger partial charge is 0.466 e. The molecule has 0 aliphatic heterocycles. The van der Waals surface area contributed by atoms with E-state index in [0.29, 0.717) is 0 Å². The van der Waals surface area contributed by atoms with Gasteiger partial charge in [-0.3, -0.25) is 0 Å². The predicted octanol–water partition coefficient (Wildman–Crippen LogP) is 4.24. The van der Waals surface area contributed by atoms with Crippen LogP contribution in [-0.2, 0) is 22.5 Å². The maximum absolute atomic E-state index is 11.2. The van der Waals surface area contributed by atoms with E-state index in [1.807, 2.05) is 19.1 Å². The third-order valence-corrected chi connectivity index (χ3v) is 4.51. The van der Waals surface area contributed by atoms with Gasteiger partial charge in [0, 0.05) is 18.2 Å². The standard InChI is InChI=1S/C22H25N3O2/c1-5-6-19-24-21-15(2)13-16(3)23-22(21)25(19)14-18-9-7-17(8-10-18)11-12-20(26)27-4/h7-13H,5-6,14H2,1-4H3/b12-11+. The Bertz CT molecular complexity index is 985. The zero-order valence-corrected chi connectivity index (χ0v) is 16.3. The summed E-state index contributed by atoms with van der Waals surface area (Å²) >= 11 is 0. The van der Waals surface area contributed by atoms with E-state index >= 15 is 0 Å². The van der Waals surface area contributed by atoms with Crippen LogP contribution in [0.5, 0.6) is 0 Å². The van der Waals surface area contributed by atoms with Crippen LogP contribution in [0.1, 0.15) is 41.6 Å². The average molecular weight is 363 g/mol. The molecule has 0 saturated heterocycles. The van der Waals surface area contributed by atoms with Crippen LogP contribution >= 0.6 is 0 Å². The highest BCUT2D eigenvalue weighted by Gasteiger charge is 2.14. The van der Waals surface area contributed by atoms with Crippen molar-refractivity contribution in [2.45, 2.75) is 40.2 Å². The van der Waals surface area contributed by atoms with E-state index in [1.54, 1.807) is 6.08 Å². The van der Waals surface area contributed by atoms with Crippen molar-refractivity contribution in [3.05, 3.63) is 64.6 Å². The van der Waals surface area contributed by atoms with Crippen molar-refractivity contribution in [3.8, 4) is 0 Å². The fourth-order valence-corrected chi connectivity index (χ4v) is 3.18. The van der Waals surface area contributed by atoms with Gasteiger partial charge in [0.05, 0.1) is 13.7 Å². The molecule has 0 amide bonds. The summed E-state index contributed by atoms with van der Waals surface area (Å²) in [5.41, 5.74) is 6.23.